The number of likely N-dealkylation sites (tertiary alicyclic amines) is 1. The third-order valence-corrected chi connectivity index (χ3v) is 6.31. The highest BCUT2D eigenvalue weighted by molar-refractivity contribution is 5.94. The van der Waals surface area contributed by atoms with Crippen molar-refractivity contribution in [1.82, 2.24) is 10.2 Å². The average molecular weight is 412 g/mol. The number of nitrogens with zero attached hydrogens (tertiary/aromatic N) is 1. The number of esters is 1. The molecule has 2 atom stereocenters. The van der Waals surface area contributed by atoms with Crippen molar-refractivity contribution in [3.63, 3.8) is 0 Å². The van der Waals surface area contributed by atoms with Gasteiger partial charge < -0.3 is 24.3 Å². The van der Waals surface area contributed by atoms with Crippen LogP contribution in [0.1, 0.15) is 21.7 Å². The van der Waals surface area contributed by atoms with Gasteiger partial charge in [-0.05, 0) is 18.2 Å². The SMILES string of the molecule is O=C1OCc2ccc(-c3ccc(CN4C[C@H]5COC[C@@]5(C(=O)NCCO)C4)o3)cc21. The van der Waals surface area contributed by atoms with Crippen molar-refractivity contribution in [3.8, 4) is 11.3 Å². The first-order valence-electron chi connectivity index (χ1n) is 10.2. The predicted molar refractivity (Wildman–Crippen MR) is 105 cm³/mol. The Balaban J connectivity index is 1.29. The minimum absolute atomic E-state index is 0.0493. The number of aliphatic hydroxyl groups excluding tert-OH is 1. The van der Waals surface area contributed by atoms with E-state index in [0.29, 0.717) is 44.2 Å². The van der Waals surface area contributed by atoms with Crippen molar-refractivity contribution >= 4 is 11.9 Å². The fourth-order valence-corrected chi connectivity index (χ4v) is 4.73. The molecular weight excluding hydrogens is 388 g/mol. The van der Waals surface area contributed by atoms with Gasteiger partial charge in [-0.15, -0.1) is 0 Å². The fraction of sp³-hybridized carbons (Fsp3) is 0.455. The summed E-state index contributed by atoms with van der Waals surface area (Å²) in [6, 6.07) is 9.48. The van der Waals surface area contributed by atoms with Crippen molar-refractivity contribution in [2.24, 2.45) is 11.3 Å². The summed E-state index contributed by atoms with van der Waals surface area (Å²) < 4.78 is 16.7. The number of hydrogen-bond donors (Lipinski definition) is 2. The van der Waals surface area contributed by atoms with Crippen molar-refractivity contribution in [2.45, 2.75) is 13.2 Å². The molecule has 0 unspecified atom stereocenters. The minimum atomic E-state index is -0.565. The van der Waals surface area contributed by atoms with Crippen LogP contribution < -0.4 is 5.32 Å². The molecule has 3 aliphatic heterocycles. The standard InChI is InChI=1S/C22H24N2O6/c25-6-5-23-21(27)22-12-24(8-16(22)11-28-13-22)9-17-3-4-19(30-17)14-1-2-15-10-29-20(26)18(15)7-14/h1-4,7,16,25H,5-6,8-13H2,(H,23,27)/t16-,22-/m0/s1. The summed E-state index contributed by atoms with van der Waals surface area (Å²) in [6.07, 6.45) is 0. The van der Waals surface area contributed by atoms with Gasteiger partial charge in [-0.25, -0.2) is 4.79 Å². The minimum Gasteiger partial charge on any atom is -0.460 e. The topological polar surface area (TPSA) is 101 Å². The second-order valence-corrected chi connectivity index (χ2v) is 8.23. The Hall–Kier alpha value is -2.68. The molecule has 158 valence electrons. The third kappa shape index (κ3) is 3.21. The van der Waals surface area contributed by atoms with Crippen LogP contribution in [0.15, 0.2) is 34.7 Å². The Morgan fingerprint density at radius 2 is 2.20 bits per heavy atom. The van der Waals surface area contributed by atoms with Crippen LogP contribution in [0.25, 0.3) is 11.3 Å². The van der Waals surface area contributed by atoms with Crippen LogP contribution in [0.2, 0.25) is 0 Å². The molecule has 2 aromatic rings. The lowest BCUT2D eigenvalue weighted by Crippen LogP contribution is -2.47. The second kappa shape index (κ2) is 7.54. The highest BCUT2D eigenvalue weighted by Crippen LogP contribution is 2.42. The zero-order valence-corrected chi connectivity index (χ0v) is 16.6. The number of hydrogen-bond acceptors (Lipinski definition) is 7. The number of fused-ring (bicyclic) bond motifs is 2. The summed E-state index contributed by atoms with van der Waals surface area (Å²) in [5, 5.41) is 11.8. The number of carbonyl (C=O) groups excluding carboxylic acids is 2. The molecule has 0 spiro atoms. The maximum absolute atomic E-state index is 12.7. The lowest BCUT2D eigenvalue weighted by Gasteiger charge is -2.25. The van der Waals surface area contributed by atoms with Crippen LogP contribution in [0.5, 0.6) is 0 Å². The van der Waals surface area contributed by atoms with Gasteiger partial charge in [0, 0.05) is 36.7 Å². The highest BCUT2D eigenvalue weighted by atomic mass is 16.5. The molecule has 3 aliphatic rings. The molecule has 2 N–H and O–H groups in total. The van der Waals surface area contributed by atoms with Gasteiger partial charge in [-0.2, -0.15) is 0 Å². The molecular formula is C22H24N2O6. The number of rotatable bonds is 6. The van der Waals surface area contributed by atoms with E-state index in [2.05, 4.69) is 10.2 Å². The molecule has 1 amide bonds. The molecule has 1 aromatic heterocycles. The predicted octanol–water partition coefficient (Wildman–Crippen LogP) is 1.17. The van der Waals surface area contributed by atoms with Crippen LogP contribution in [-0.2, 0) is 27.4 Å². The Labute approximate surface area is 173 Å². The van der Waals surface area contributed by atoms with Gasteiger partial charge in [0.05, 0.1) is 37.3 Å². The zero-order chi connectivity index (χ0) is 20.7. The van der Waals surface area contributed by atoms with Crippen LogP contribution >= 0.6 is 0 Å². The van der Waals surface area contributed by atoms with Gasteiger partial charge in [0.2, 0.25) is 5.91 Å². The quantitative estimate of drug-likeness (QED) is 0.687. The zero-order valence-electron chi connectivity index (χ0n) is 16.6. The number of cyclic esters (lactones) is 1. The highest BCUT2D eigenvalue weighted by Gasteiger charge is 2.55. The lowest BCUT2D eigenvalue weighted by molar-refractivity contribution is -0.131. The second-order valence-electron chi connectivity index (χ2n) is 8.23. The smallest absolute Gasteiger partial charge is 0.338 e. The molecule has 0 aliphatic carbocycles. The molecule has 2 fully saturated rings. The van der Waals surface area contributed by atoms with E-state index in [1.165, 1.54) is 0 Å². The van der Waals surface area contributed by atoms with Crippen LogP contribution in [0, 0.1) is 11.3 Å². The lowest BCUT2D eigenvalue weighted by atomic mass is 9.80. The van der Waals surface area contributed by atoms with Crippen LogP contribution in [0.4, 0.5) is 0 Å². The largest absolute Gasteiger partial charge is 0.460 e. The normalized spacial score (nSPS) is 25.2. The van der Waals surface area contributed by atoms with Gasteiger partial charge in [0.1, 0.15) is 18.1 Å². The van der Waals surface area contributed by atoms with E-state index in [4.69, 9.17) is 19.0 Å². The van der Waals surface area contributed by atoms with E-state index in [1.54, 1.807) is 0 Å². The maximum atomic E-state index is 12.7. The number of furan rings is 1. The van der Waals surface area contributed by atoms with Gasteiger partial charge in [0.25, 0.3) is 0 Å². The molecule has 0 bridgehead atoms. The van der Waals surface area contributed by atoms with E-state index < -0.39 is 5.41 Å². The molecule has 2 saturated heterocycles. The van der Waals surface area contributed by atoms with Crippen molar-refractivity contribution in [3.05, 3.63) is 47.2 Å². The number of ether oxygens (including phenoxy) is 2. The summed E-state index contributed by atoms with van der Waals surface area (Å²) in [5.41, 5.74) is 1.76. The monoisotopic (exact) mass is 412 g/mol. The van der Waals surface area contributed by atoms with E-state index in [-0.39, 0.29) is 30.9 Å². The first kappa shape index (κ1) is 19.3. The number of aliphatic hydroxyl groups is 1. The fourth-order valence-electron chi connectivity index (χ4n) is 4.73. The van der Waals surface area contributed by atoms with Crippen molar-refractivity contribution in [2.75, 3.05) is 39.5 Å². The molecule has 0 saturated carbocycles. The summed E-state index contributed by atoms with van der Waals surface area (Å²) in [5.74, 6) is 1.29. The third-order valence-electron chi connectivity index (χ3n) is 6.31. The number of carbonyl (C=O) groups is 2. The summed E-state index contributed by atoms with van der Waals surface area (Å²) in [6.45, 7) is 3.42. The Morgan fingerprint density at radius 3 is 3.07 bits per heavy atom. The molecule has 8 heteroatoms. The van der Waals surface area contributed by atoms with Gasteiger partial charge in [0.15, 0.2) is 0 Å². The molecule has 0 radical (unpaired) electrons. The molecule has 1 aromatic carbocycles. The number of benzene rings is 1. The Morgan fingerprint density at radius 1 is 1.30 bits per heavy atom. The maximum Gasteiger partial charge on any atom is 0.338 e. The summed E-state index contributed by atoms with van der Waals surface area (Å²) >= 11 is 0. The van der Waals surface area contributed by atoms with Crippen molar-refractivity contribution < 1.29 is 28.6 Å². The van der Waals surface area contributed by atoms with E-state index in [9.17, 15) is 9.59 Å². The first-order chi connectivity index (χ1) is 14.6. The molecule has 4 heterocycles. The van der Waals surface area contributed by atoms with E-state index in [0.717, 1.165) is 23.4 Å². The Kier molecular flexibility index (Phi) is 4.85. The Bertz CT molecular complexity index is 986. The summed E-state index contributed by atoms with van der Waals surface area (Å²) in [4.78, 5) is 26.8. The van der Waals surface area contributed by atoms with Crippen LogP contribution in [-0.4, -0.2) is 61.3 Å². The van der Waals surface area contributed by atoms with Crippen LogP contribution in [0.3, 0.4) is 0 Å². The summed E-state index contributed by atoms with van der Waals surface area (Å²) in [7, 11) is 0. The van der Waals surface area contributed by atoms with E-state index >= 15 is 0 Å². The number of nitrogens with one attached hydrogen (secondary N) is 1. The number of amides is 1. The van der Waals surface area contributed by atoms with Gasteiger partial charge >= 0.3 is 5.97 Å². The molecule has 8 nitrogen and oxygen atoms in total. The van der Waals surface area contributed by atoms with E-state index in [1.807, 2.05) is 30.3 Å². The van der Waals surface area contributed by atoms with Crippen molar-refractivity contribution in [1.29, 1.82) is 0 Å². The molecule has 5 rings (SSSR count). The average Bonchev–Trinajstić information content (AvgIpc) is 3.50. The van der Waals surface area contributed by atoms with Gasteiger partial charge in [-0.1, -0.05) is 12.1 Å². The van der Waals surface area contributed by atoms with Gasteiger partial charge in [-0.3, -0.25) is 9.69 Å². The molecule has 30 heavy (non-hydrogen) atoms. The first-order valence-corrected chi connectivity index (χ1v) is 10.2.